The lowest BCUT2D eigenvalue weighted by atomic mass is 9.86. The highest BCUT2D eigenvalue weighted by atomic mass is 16.6. The number of nitrogens with zero attached hydrogens (tertiary/aromatic N) is 4. The summed E-state index contributed by atoms with van der Waals surface area (Å²) in [5, 5.41) is 6.07. The first-order chi connectivity index (χ1) is 18.1. The van der Waals surface area contributed by atoms with Crippen molar-refractivity contribution >= 4 is 17.5 Å². The molecule has 0 bridgehead atoms. The van der Waals surface area contributed by atoms with Crippen LogP contribution in [0.15, 0.2) is 28.9 Å². The summed E-state index contributed by atoms with van der Waals surface area (Å²) in [5.74, 6) is 0.748. The number of hydrogen-bond acceptors (Lipinski definition) is 10. The second-order valence-electron chi connectivity index (χ2n) is 10.4. The number of benzene rings is 1. The lowest BCUT2D eigenvalue weighted by Crippen LogP contribution is -2.37. The van der Waals surface area contributed by atoms with Crippen molar-refractivity contribution in [2.24, 2.45) is 0 Å². The number of oxazole rings is 1. The van der Waals surface area contributed by atoms with E-state index in [2.05, 4.69) is 64.4 Å². The molecule has 2 N–H and O–H groups in total. The van der Waals surface area contributed by atoms with Gasteiger partial charge in [0, 0.05) is 6.04 Å². The molecule has 0 atom stereocenters. The summed E-state index contributed by atoms with van der Waals surface area (Å²) in [6.07, 6.45) is 3.12. The van der Waals surface area contributed by atoms with E-state index in [0.717, 1.165) is 37.1 Å². The number of hydrogen-bond donors (Lipinski definition) is 2. The Morgan fingerprint density at radius 2 is 1.74 bits per heavy atom. The Morgan fingerprint density at radius 1 is 1.08 bits per heavy atom. The Balaban J connectivity index is 1.49. The van der Waals surface area contributed by atoms with Crippen LogP contribution in [0.4, 0.5) is 11.6 Å². The number of aromatic nitrogens is 3. The maximum atomic E-state index is 13.0. The number of carbonyl (C=O) groups excluding carboxylic acids is 1. The number of carbonyl (C=O) groups is 1. The molecule has 1 aliphatic heterocycles. The van der Waals surface area contributed by atoms with Crippen LogP contribution >= 0.6 is 0 Å². The molecular formula is C27H36N6O5. The maximum Gasteiger partial charge on any atom is 0.399 e. The second-order valence-corrected chi connectivity index (χ2v) is 10.4. The molecule has 3 aromatic rings. The highest BCUT2D eigenvalue weighted by Crippen LogP contribution is 2.34. The van der Waals surface area contributed by atoms with Crippen LogP contribution in [0.1, 0.15) is 55.2 Å². The van der Waals surface area contributed by atoms with E-state index < -0.39 is 5.91 Å². The van der Waals surface area contributed by atoms with E-state index in [1.54, 1.807) is 0 Å². The molecule has 0 aliphatic carbocycles. The highest BCUT2D eigenvalue weighted by molar-refractivity contribution is 6.04. The molecule has 1 aromatic carbocycles. The van der Waals surface area contributed by atoms with Crippen LogP contribution in [0.5, 0.6) is 23.6 Å². The van der Waals surface area contributed by atoms with Gasteiger partial charge in [-0.05, 0) is 62.5 Å². The minimum absolute atomic E-state index is 0.0160. The zero-order valence-electron chi connectivity index (χ0n) is 23.0. The largest absolute Gasteiger partial charge is 0.479 e. The lowest BCUT2D eigenvalue weighted by Gasteiger charge is -2.29. The Morgan fingerprint density at radius 3 is 2.34 bits per heavy atom. The van der Waals surface area contributed by atoms with Crippen molar-refractivity contribution in [3.63, 3.8) is 0 Å². The van der Waals surface area contributed by atoms with Crippen molar-refractivity contribution in [2.75, 3.05) is 45.0 Å². The van der Waals surface area contributed by atoms with E-state index in [0.29, 0.717) is 11.7 Å². The van der Waals surface area contributed by atoms with Gasteiger partial charge in [-0.15, -0.1) is 0 Å². The van der Waals surface area contributed by atoms with Gasteiger partial charge >= 0.3 is 6.08 Å². The van der Waals surface area contributed by atoms with E-state index in [1.165, 1.54) is 20.5 Å². The monoisotopic (exact) mass is 524 g/mol. The Hall–Kier alpha value is -3.86. The summed E-state index contributed by atoms with van der Waals surface area (Å²) in [6, 6.07) is 6.24. The Kier molecular flexibility index (Phi) is 8.05. The fraction of sp³-hybridized carbons (Fsp3) is 0.481. The summed E-state index contributed by atoms with van der Waals surface area (Å²) >= 11 is 0. The quantitative estimate of drug-likeness (QED) is 0.431. The molecule has 0 saturated carbocycles. The zero-order chi connectivity index (χ0) is 27.4. The zero-order valence-corrected chi connectivity index (χ0v) is 23.0. The van der Waals surface area contributed by atoms with Crippen molar-refractivity contribution in [3.05, 3.63) is 41.3 Å². The number of amides is 1. The number of likely N-dealkylation sites (tertiary alicyclic amines) is 1. The molecule has 1 fully saturated rings. The molecular weight excluding hydrogens is 488 g/mol. The number of rotatable bonds is 8. The first-order valence-electron chi connectivity index (χ1n) is 12.6. The van der Waals surface area contributed by atoms with Crippen LogP contribution in [0.25, 0.3) is 0 Å². The van der Waals surface area contributed by atoms with Gasteiger partial charge in [0.1, 0.15) is 12.0 Å². The minimum atomic E-state index is -0.556. The minimum Gasteiger partial charge on any atom is -0.479 e. The Labute approximate surface area is 222 Å². The fourth-order valence-electron chi connectivity index (χ4n) is 4.08. The van der Waals surface area contributed by atoms with E-state index in [-0.39, 0.29) is 40.7 Å². The van der Waals surface area contributed by atoms with E-state index in [1.807, 2.05) is 19.1 Å². The number of anilines is 2. The summed E-state index contributed by atoms with van der Waals surface area (Å²) in [7, 11) is 5.03. The predicted molar refractivity (Wildman–Crippen MR) is 144 cm³/mol. The third-order valence-corrected chi connectivity index (χ3v) is 6.49. The van der Waals surface area contributed by atoms with Gasteiger partial charge < -0.3 is 34.2 Å². The van der Waals surface area contributed by atoms with Gasteiger partial charge in [0.2, 0.25) is 17.7 Å². The van der Waals surface area contributed by atoms with Crippen molar-refractivity contribution < 1.29 is 23.4 Å². The smallest absolute Gasteiger partial charge is 0.399 e. The van der Waals surface area contributed by atoms with Crippen LogP contribution in [-0.4, -0.2) is 66.2 Å². The molecule has 11 heteroatoms. The molecule has 0 unspecified atom stereocenters. The van der Waals surface area contributed by atoms with E-state index >= 15 is 0 Å². The standard InChI is InChI=1S/C27H36N6O5/c1-16-8-9-17(27(2,3)4)14-20(16)38-26-29-19(15-37-26)22(34)30-21-23(35-6)31-25(32-24(21)36-7)28-18-10-12-33(5)13-11-18/h8-9,14-15,18H,10-13H2,1-7H3,(H,30,34)(H,28,31,32). The molecule has 204 valence electrons. The van der Waals surface area contributed by atoms with Gasteiger partial charge in [0.05, 0.1) is 14.2 Å². The number of piperidine rings is 1. The predicted octanol–water partition coefficient (Wildman–Crippen LogP) is 4.64. The fourth-order valence-corrected chi connectivity index (χ4v) is 4.08. The van der Waals surface area contributed by atoms with Gasteiger partial charge in [-0.2, -0.15) is 15.0 Å². The third kappa shape index (κ3) is 6.34. The average Bonchev–Trinajstić information content (AvgIpc) is 3.35. The van der Waals surface area contributed by atoms with Crippen LogP contribution in [0.2, 0.25) is 0 Å². The SMILES string of the molecule is COc1nc(NC2CCN(C)CC2)nc(OC)c1NC(=O)c1coc(Oc2cc(C(C)(C)C)ccc2C)n1. The first kappa shape index (κ1) is 27.2. The first-order valence-corrected chi connectivity index (χ1v) is 12.6. The molecule has 0 radical (unpaired) electrons. The topological polar surface area (TPSA) is 124 Å². The number of ether oxygens (including phenoxy) is 3. The second kappa shape index (κ2) is 11.3. The number of nitrogens with one attached hydrogen (secondary N) is 2. The maximum absolute atomic E-state index is 13.0. The highest BCUT2D eigenvalue weighted by Gasteiger charge is 2.24. The summed E-state index contributed by atoms with van der Waals surface area (Å²) in [5.41, 5.74) is 2.18. The van der Waals surface area contributed by atoms with Gasteiger partial charge in [-0.25, -0.2) is 0 Å². The van der Waals surface area contributed by atoms with Crippen LogP contribution in [0.3, 0.4) is 0 Å². The van der Waals surface area contributed by atoms with Crippen LogP contribution in [0, 0.1) is 6.92 Å². The van der Waals surface area contributed by atoms with Gasteiger partial charge in [0.15, 0.2) is 11.4 Å². The molecule has 4 rings (SSSR count). The van der Waals surface area contributed by atoms with Crippen molar-refractivity contribution in [1.29, 1.82) is 0 Å². The lowest BCUT2D eigenvalue weighted by molar-refractivity contribution is 0.102. The number of aryl methyl sites for hydroxylation is 1. The molecule has 0 spiro atoms. The van der Waals surface area contributed by atoms with Crippen molar-refractivity contribution in [1.82, 2.24) is 19.9 Å². The average molecular weight is 525 g/mol. The molecule has 1 amide bonds. The van der Waals surface area contributed by atoms with Gasteiger partial charge in [-0.3, -0.25) is 4.79 Å². The van der Waals surface area contributed by atoms with Gasteiger partial charge in [0.25, 0.3) is 5.91 Å². The molecule has 2 aromatic heterocycles. The van der Waals surface area contributed by atoms with Crippen molar-refractivity contribution in [3.8, 4) is 23.6 Å². The molecule has 1 aliphatic rings. The normalized spacial score (nSPS) is 14.7. The third-order valence-electron chi connectivity index (χ3n) is 6.49. The van der Waals surface area contributed by atoms with Gasteiger partial charge in [-0.1, -0.05) is 32.9 Å². The van der Waals surface area contributed by atoms with Crippen LogP contribution < -0.4 is 24.8 Å². The summed E-state index contributed by atoms with van der Waals surface area (Å²) in [4.78, 5) is 28.4. The summed E-state index contributed by atoms with van der Waals surface area (Å²) in [6.45, 7) is 10.3. The van der Waals surface area contributed by atoms with Crippen LogP contribution in [-0.2, 0) is 5.41 Å². The molecule has 3 heterocycles. The molecule has 1 saturated heterocycles. The van der Waals surface area contributed by atoms with E-state index in [9.17, 15) is 4.79 Å². The molecule has 11 nitrogen and oxygen atoms in total. The van der Waals surface area contributed by atoms with Crippen molar-refractivity contribution in [2.45, 2.75) is 52.0 Å². The molecule has 38 heavy (non-hydrogen) atoms. The Bertz CT molecular complexity index is 1250. The van der Waals surface area contributed by atoms with E-state index in [4.69, 9.17) is 18.6 Å². The number of methoxy groups -OCH3 is 2. The summed E-state index contributed by atoms with van der Waals surface area (Å²) < 4.78 is 22.2.